The Morgan fingerprint density at radius 3 is 2.50 bits per heavy atom. The summed E-state index contributed by atoms with van der Waals surface area (Å²) in [5, 5.41) is 8.54. The van der Waals surface area contributed by atoms with Crippen LogP contribution in [0.15, 0.2) is 33.8 Å². The number of rotatable bonds is 1. The van der Waals surface area contributed by atoms with E-state index in [0.29, 0.717) is 0 Å². The maximum Gasteiger partial charge on any atom is 0.142 e. The van der Waals surface area contributed by atoms with Crippen molar-refractivity contribution in [1.29, 1.82) is 0 Å². The fourth-order valence-electron chi connectivity index (χ4n) is 3.79. The second-order valence-electron chi connectivity index (χ2n) is 7.05. The van der Waals surface area contributed by atoms with Crippen LogP contribution in [0, 0.1) is 20.8 Å². The standard InChI is InChI=1S/C20H18ClN3OS/c1-10-12(3)26-18-15(10)17(13-4-6-14(21)7-5-13)23-20(8-22-9-20)19-16(18)11(2)25-24-19/h4-7,22H,8-9H2,1-3H3. The molecule has 1 fully saturated rings. The molecule has 1 saturated heterocycles. The molecule has 132 valence electrons. The highest BCUT2D eigenvalue weighted by molar-refractivity contribution is 7.16. The van der Waals surface area contributed by atoms with Gasteiger partial charge >= 0.3 is 0 Å². The van der Waals surface area contributed by atoms with Gasteiger partial charge in [0.25, 0.3) is 0 Å². The third-order valence-electron chi connectivity index (χ3n) is 5.43. The molecule has 1 aromatic carbocycles. The molecule has 5 rings (SSSR count). The lowest BCUT2D eigenvalue weighted by Gasteiger charge is -2.37. The number of aliphatic imine (C=N–C) groups is 1. The van der Waals surface area contributed by atoms with Gasteiger partial charge in [0.05, 0.1) is 11.3 Å². The van der Waals surface area contributed by atoms with Crippen LogP contribution in [0.3, 0.4) is 0 Å². The Hall–Kier alpha value is -1.95. The number of aromatic nitrogens is 1. The molecule has 6 heteroatoms. The van der Waals surface area contributed by atoms with Gasteiger partial charge in [0.15, 0.2) is 0 Å². The van der Waals surface area contributed by atoms with E-state index in [4.69, 9.17) is 21.1 Å². The minimum absolute atomic E-state index is 0.360. The smallest absolute Gasteiger partial charge is 0.142 e. The SMILES string of the molecule is Cc1onc2c1-c1sc(C)c(C)c1C(c1ccc(Cl)cc1)=NC21CNC1. The number of fused-ring (bicyclic) bond motifs is 4. The van der Waals surface area contributed by atoms with E-state index in [1.165, 1.54) is 20.9 Å². The number of benzene rings is 1. The molecular formula is C20H18ClN3OS. The third-order valence-corrected chi connectivity index (χ3v) is 6.91. The van der Waals surface area contributed by atoms with E-state index in [1.54, 1.807) is 11.3 Å². The Bertz CT molecular complexity index is 1060. The zero-order valence-electron chi connectivity index (χ0n) is 14.8. The van der Waals surface area contributed by atoms with Crippen molar-refractivity contribution in [1.82, 2.24) is 10.5 Å². The maximum absolute atomic E-state index is 6.12. The Kier molecular flexibility index (Phi) is 3.45. The van der Waals surface area contributed by atoms with E-state index in [-0.39, 0.29) is 5.54 Å². The first-order valence-corrected chi connectivity index (χ1v) is 9.83. The minimum atomic E-state index is -0.360. The molecular weight excluding hydrogens is 366 g/mol. The van der Waals surface area contributed by atoms with Crippen molar-refractivity contribution < 1.29 is 4.52 Å². The summed E-state index contributed by atoms with van der Waals surface area (Å²) in [6.45, 7) is 7.88. The van der Waals surface area contributed by atoms with Crippen molar-refractivity contribution in [2.45, 2.75) is 26.3 Å². The second kappa shape index (κ2) is 5.52. The van der Waals surface area contributed by atoms with Crippen LogP contribution in [0.2, 0.25) is 5.02 Å². The van der Waals surface area contributed by atoms with Crippen LogP contribution >= 0.6 is 22.9 Å². The molecule has 1 spiro atoms. The summed E-state index contributed by atoms with van der Waals surface area (Å²) in [5.74, 6) is 0.862. The lowest BCUT2D eigenvalue weighted by atomic mass is 9.86. The van der Waals surface area contributed by atoms with E-state index in [0.717, 1.165) is 46.4 Å². The normalized spacial score (nSPS) is 17.3. The molecule has 1 N–H and O–H groups in total. The summed E-state index contributed by atoms with van der Waals surface area (Å²) in [7, 11) is 0. The molecule has 0 unspecified atom stereocenters. The lowest BCUT2D eigenvalue weighted by molar-refractivity contribution is 0.266. The predicted molar refractivity (Wildman–Crippen MR) is 106 cm³/mol. The van der Waals surface area contributed by atoms with Crippen molar-refractivity contribution in [3.05, 3.63) is 62.3 Å². The number of hydrogen-bond donors (Lipinski definition) is 1. The quantitative estimate of drug-likeness (QED) is 0.666. The topological polar surface area (TPSA) is 50.4 Å². The number of nitrogens with one attached hydrogen (secondary N) is 1. The van der Waals surface area contributed by atoms with E-state index >= 15 is 0 Å². The van der Waals surface area contributed by atoms with Crippen molar-refractivity contribution in [2.24, 2.45) is 4.99 Å². The van der Waals surface area contributed by atoms with E-state index in [2.05, 4.69) is 36.5 Å². The molecule has 0 aliphatic carbocycles. The fourth-order valence-corrected chi connectivity index (χ4v) is 5.17. The van der Waals surface area contributed by atoms with Crippen LogP contribution in [0.1, 0.15) is 33.0 Å². The Labute approximate surface area is 160 Å². The van der Waals surface area contributed by atoms with Gasteiger partial charge in [0.1, 0.15) is 17.0 Å². The lowest BCUT2D eigenvalue weighted by Crippen LogP contribution is -2.56. The highest BCUT2D eigenvalue weighted by Crippen LogP contribution is 2.48. The van der Waals surface area contributed by atoms with Gasteiger partial charge in [-0.15, -0.1) is 11.3 Å². The first-order chi connectivity index (χ1) is 12.5. The molecule has 2 aliphatic rings. The molecule has 4 nitrogen and oxygen atoms in total. The number of hydrogen-bond acceptors (Lipinski definition) is 5. The Balaban J connectivity index is 1.86. The summed E-state index contributed by atoms with van der Waals surface area (Å²) >= 11 is 7.92. The summed E-state index contributed by atoms with van der Waals surface area (Å²) in [5.41, 5.74) is 6.30. The molecule has 2 aliphatic heterocycles. The molecule has 0 amide bonds. The molecule has 0 radical (unpaired) electrons. The number of thiophene rings is 1. The zero-order valence-corrected chi connectivity index (χ0v) is 16.4. The summed E-state index contributed by atoms with van der Waals surface area (Å²) < 4.78 is 5.61. The highest BCUT2D eigenvalue weighted by Gasteiger charge is 2.47. The van der Waals surface area contributed by atoms with Gasteiger partial charge in [-0.3, -0.25) is 4.99 Å². The zero-order chi connectivity index (χ0) is 18.1. The van der Waals surface area contributed by atoms with Crippen molar-refractivity contribution in [2.75, 3.05) is 13.1 Å². The third kappa shape index (κ3) is 2.11. The van der Waals surface area contributed by atoms with Gasteiger partial charge in [-0.25, -0.2) is 0 Å². The molecule has 4 heterocycles. The maximum atomic E-state index is 6.12. The summed E-state index contributed by atoms with van der Waals surface area (Å²) in [4.78, 5) is 7.79. The van der Waals surface area contributed by atoms with Gasteiger partial charge < -0.3 is 9.84 Å². The molecule has 0 saturated carbocycles. The fraction of sp³-hybridized carbons (Fsp3) is 0.300. The Morgan fingerprint density at radius 1 is 1.12 bits per heavy atom. The van der Waals surface area contributed by atoms with Crippen LogP contribution in [-0.2, 0) is 5.54 Å². The summed E-state index contributed by atoms with van der Waals surface area (Å²) in [6.07, 6.45) is 0. The van der Waals surface area contributed by atoms with Crippen LogP contribution in [-0.4, -0.2) is 24.0 Å². The van der Waals surface area contributed by atoms with E-state index in [9.17, 15) is 0 Å². The van der Waals surface area contributed by atoms with Crippen molar-refractivity contribution >= 4 is 28.6 Å². The summed E-state index contributed by atoms with van der Waals surface area (Å²) in [6, 6.07) is 7.96. The minimum Gasteiger partial charge on any atom is -0.361 e. The van der Waals surface area contributed by atoms with Crippen LogP contribution in [0.25, 0.3) is 10.4 Å². The molecule has 0 atom stereocenters. The molecule has 26 heavy (non-hydrogen) atoms. The first kappa shape index (κ1) is 16.2. The predicted octanol–water partition coefficient (Wildman–Crippen LogP) is 4.63. The molecule has 2 aromatic heterocycles. The van der Waals surface area contributed by atoms with Gasteiger partial charge in [-0.1, -0.05) is 28.9 Å². The largest absolute Gasteiger partial charge is 0.361 e. The average molecular weight is 384 g/mol. The Morgan fingerprint density at radius 2 is 1.85 bits per heavy atom. The van der Waals surface area contributed by atoms with E-state index in [1.807, 2.05) is 19.1 Å². The monoisotopic (exact) mass is 383 g/mol. The van der Waals surface area contributed by atoms with Gasteiger partial charge in [0.2, 0.25) is 0 Å². The first-order valence-electron chi connectivity index (χ1n) is 8.64. The highest BCUT2D eigenvalue weighted by atomic mass is 35.5. The second-order valence-corrected chi connectivity index (χ2v) is 8.71. The molecule has 0 bridgehead atoms. The van der Waals surface area contributed by atoms with Gasteiger partial charge in [0, 0.05) is 39.0 Å². The van der Waals surface area contributed by atoms with E-state index < -0.39 is 0 Å². The van der Waals surface area contributed by atoms with Gasteiger partial charge in [-0.05, 0) is 38.5 Å². The van der Waals surface area contributed by atoms with Crippen LogP contribution < -0.4 is 5.32 Å². The van der Waals surface area contributed by atoms with Crippen LogP contribution in [0.5, 0.6) is 0 Å². The van der Waals surface area contributed by atoms with Gasteiger partial charge in [-0.2, -0.15) is 0 Å². The number of halogens is 1. The average Bonchev–Trinajstić information content (AvgIpc) is 3.05. The number of aryl methyl sites for hydroxylation is 2. The van der Waals surface area contributed by atoms with Crippen LogP contribution in [0.4, 0.5) is 0 Å². The molecule has 3 aromatic rings. The van der Waals surface area contributed by atoms with Crippen molar-refractivity contribution in [3.8, 4) is 10.4 Å². The number of nitrogens with zero attached hydrogens (tertiary/aromatic N) is 2. The van der Waals surface area contributed by atoms with Crippen molar-refractivity contribution in [3.63, 3.8) is 0 Å².